The number of aryl methyl sites for hydroxylation is 1. The molecule has 2 heterocycles. The molecule has 2 aromatic heterocycles. The number of rotatable bonds is 3. The van der Waals surface area contributed by atoms with Crippen LogP contribution in [-0.4, -0.2) is 9.97 Å². The molecule has 0 aliphatic heterocycles. The number of anilines is 1. The first kappa shape index (κ1) is 14.5. The monoisotopic (exact) mass is 339 g/mol. The van der Waals surface area contributed by atoms with E-state index in [1.807, 2.05) is 31.3 Å². The van der Waals surface area contributed by atoms with Gasteiger partial charge in [-0.25, -0.2) is 4.98 Å². The van der Waals surface area contributed by atoms with Gasteiger partial charge in [-0.3, -0.25) is 0 Å². The molecule has 108 valence electrons. The van der Waals surface area contributed by atoms with Crippen molar-refractivity contribution >= 4 is 51.4 Å². The summed E-state index contributed by atoms with van der Waals surface area (Å²) >= 11 is 18.0. The molecule has 0 atom stereocenters. The molecule has 1 aromatic carbocycles. The fourth-order valence-corrected chi connectivity index (χ4v) is 3.07. The maximum Gasteiger partial charge on any atom is 0.154 e. The van der Waals surface area contributed by atoms with E-state index < -0.39 is 0 Å². The van der Waals surface area contributed by atoms with Crippen molar-refractivity contribution in [3.8, 4) is 0 Å². The number of nitrogens with zero attached hydrogens (tertiary/aromatic N) is 1. The predicted octanol–water partition coefficient (Wildman–Crippen LogP) is 5.44. The Kier molecular flexibility index (Phi) is 3.98. The number of hydrogen-bond acceptors (Lipinski definition) is 2. The highest BCUT2D eigenvalue weighted by Gasteiger charge is 2.09. The molecular weight excluding hydrogens is 329 g/mol. The Morgan fingerprint density at radius 2 is 2.00 bits per heavy atom. The molecule has 2 N–H and O–H groups in total. The molecule has 21 heavy (non-hydrogen) atoms. The van der Waals surface area contributed by atoms with Crippen LogP contribution in [0.3, 0.4) is 0 Å². The molecule has 0 saturated heterocycles. The lowest BCUT2D eigenvalue weighted by molar-refractivity contribution is 1.13. The van der Waals surface area contributed by atoms with E-state index in [4.69, 9.17) is 34.8 Å². The van der Waals surface area contributed by atoms with Gasteiger partial charge in [-0.05, 0) is 36.2 Å². The first-order valence-electron chi connectivity index (χ1n) is 6.36. The van der Waals surface area contributed by atoms with Crippen LogP contribution in [0.4, 0.5) is 5.69 Å². The maximum atomic E-state index is 6.13. The minimum Gasteiger partial charge on any atom is -0.378 e. The molecular formula is C15H12Cl3N3. The van der Waals surface area contributed by atoms with Crippen molar-refractivity contribution in [2.24, 2.45) is 0 Å². The van der Waals surface area contributed by atoms with Crippen LogP contribution < -0.4 is 5.32 Å². The number of fused-ring (bicyclic) bond motifs is 1. The Labute approximate surface area is 137 Å². The maximum absolute atomic E-state index is 6.13. The zero-order valence-corrected chi connectivity index (χ0v) is 13.4. The minimum absolute atomic E-state index is 0.378. The molecule has 6 heteroatoms. The van der Waals surface area contributed by atoms with Crippen LogP contribution in [0, 0.1) is 6.92 Å². The van der Waals surface area contributed by atoms with Crippen LogP contribution in [0.25, 0.3) is 10.9 Å². The van der Waals surface area contributed by atoms with E-state index in [-0.39, 0.29) is 0 Å². The smallest absolute Gasteiger partial charge is 0.154 e. The van der Waals surface area contributed by atoms with Crippen LogP contribution >= 0.6 is 34.8 Å². The second kappa shape index (κ2) is 5.76. The summed E-state index contributed by atoms with van der Waals surface area (Å²) in [5.74, 6) is 0. The Hall–Kier alpha value is -1.42. The minimum atomic E-state index is 0.378. The van der Waals surface area contributed by atoms with Crippen molar-refractivity contribution in [3.63, 3.8) is 0 Å². The molecule has 3 rings (SSSR count). The molecule has 3 aromatic rings. The normalized spacial score (nSPS) is 11.0. The first-order chi connectivity index (χ1) is 10.0. The van der Waals surface area contributed by atoms with Crippen molar-refractivity contribution in [1.82, 2.24) is 9.97 Å². The topological polar surface area (TPSA) is 40.7 Å². The largest absolute Gasteiger partial charge is 0.378 e. The Bertz CT molecular complexity index is 788. The Morgan fingerprint density at radius 3 is 2.76 bits per heavy atom. The lowest BCUT2D eigenvalue weighted by Crippen LogP contribution is -2.02. The van der Waals surface area contributed by atoms with Gasteiger partial charge in [0.25, 0.3) is 0 Å². The number of hydrogen-bond donors (Lipinski definition) is 2. The zero-order chi connectivity index (χ0) is 15.0. The van der Waals surface area contributed by atoms with Crippen molar-refractivity contribution in [3.05, 3.63) is 56.9 Å². The average molecular weight is 341 g/mol. The number of aromatic amines is 1. The Morgan fingerprint density at radius 1 is 1.19 bits per heavy atom. The van der Waals surface area contributed by atoms with Crippen LogP contribution in [0.15, 0.2) is 30.5 Å². The van der Waals surface area contributed by atoms with Gasteiger partial charge in [-0.1, -0.05) is 40.9 Å². The highest BCUT2D eigenvalue weighted by Crippen LogP contribution is 2.28. The van der Waals surface area contributed by atoms with E-state index in [1.54, 1.807) is 6.07 Å². The summed E-state index contributed by atoms with van der Waals surface area (Å²) in [6, 6.07) is 7.57. The fourth-order valence-electron chi connectivity index (χ4n) is 2.30. The van der Waals surface area contributed by atoms with Crippen LogP contribution in [0.2, 0.25) is 15.3 Å². The molecule has 0 radical (unpaired) electrons. The van der Waals surface area contributed by atoms with Gasteiger partial charge in [-0.2, -0.15) is 0 Å². The second-order valence-electron chi connectivity index (χ2n) is 4.79. The van der Waals surface area contributed by atoms with Gasteiger partial charge < -0.3 is 10.3 Å². The molecule has 0 aliphatic rings. The van der Waals surface area contributed by atoms with Crippen molar-refractivity contribution in [1.29, 1.82) is 0 Å². The Balaban J connectivity index is 1.87. The van der Waals surface area contributed by atoms with Gasteiger partial charge in [0, 0.05) is 28.7 Å². The molecule has 3 nitrogen and oxygen atoms in total. The summed E-state index contributed by atoms with van der Waals surface area (Å²) in [6.07, 6.45) is 1.96. The number of halogens is 3. The number of H-pyrrole nitrogens is 1. The summed E-state index contributed by atoms with van der Waals surface area (Å²) in [7, 11) is 0. The standard InChI is InChI=1S/C15H12Cl3N3/c1-8-4-13(17)21-15(18)14(8)20-7-9-6-19-12-5-10(16)2-3-11(9)12/h2-6,19-20H,7H2,1H3. The fraction of sp³-hybridized carbons (Fsp3) is 0.133. The highest BCUT2D eigenvalue weighted by molar-refractivity contribution is 6.34. The zero-order valence-electron chi connectivity index (χ0n) is 11.2. The summed E-state index contributed by atoms with van der Waals surface area (Å²) < 4.78 is 0. The van der Waals surface area contributed by atoms with E-state index in [0.29, 0.717) is 21.9 Å². The van der Waals surface area contributed by atoms with Crippen molar-refractivity contribution < 1.29 is 0 Å². The molecule has 0 unspecified atom stereocenters. The predicted molar refractivity (Wildman–Crippen MR) is 89.6 cm³/mol. The molecule has 0 spiro atoms. The number of pyridine rings is 1. The summed E-state index contributed by atoms with van der Waals surface area (Å²) in [5, 5.41) is 5.92. The van der Waals surface area contributed by atoms with Gasteiger partial charge in [0.05, 0.1) is 5.69 Å². The molecule has 0 saturated carbocycles. The summed E-state index contributed by atoms with van der Waals surface area (Å²) in [4.78, 5) is 7.26. The SMILES string of the molecule is Cc1cc(Cl)nc(Cl)c1NCc1c[nH]c2cc(Cl)ccc12. The number of benzene rings is 1. The van der Waals surface area contributed by atoms with E-state index in [1.165, 1.54) is 0 Å². The number of nitrogens with one attached hydrogen (secondary N) is 2. The third kappa shape index (κ3) is 2.95. The van der Waals surface area contributed by atoms with Gasteiger partial charge in [0.2, 0.25) is 0 Å². The lowest BCUT2D eigenvalue weighted by Gasteiger charge is -2.11. The van der Waals surface area contributed by atoms with Crippen LogP contribution in [0.5, 0.6) is 0 Å². The molecule has 0 fully saturated rings. The summed E-state index contributed by atoms with van der Waals surface area (Å²) in [6.45, 7) is 2.57. The second-order valence-corrected chi connectivity index (χ2v) is 5.97. The molecule has 0 aliphatic carbocycles. The first-order valence-corrected chi connectivity index (χ1v) is 7.50. The van der Waals surface area contributed by atoms with Crippen molar-refractivity contribution in [2.75, 3.05) is 5.32 Å². The molecule has 0 bridgehead atoms. The third-order valence-electron chi connectivity index (χ3n) is 3.33. The van der Waals surface area contributed by atoms with Gasteiger partial charge in [0.15, 0.2) is 5.15 Å². The van der Waals surface area contributed by atoms with Gasteiger partial charge >= 0.3 is 0 Å². The number of aromatic nitrogens is 2. The van der Waals surface area contributed by atoms with E-state index in [0.717, 1.165) is 27.7 Å². The van der Waals surface area contributed by atoms with Crippen LogP contribution in [0.1, 0.15) is 11.1 Å². The van der Waals surface area contributed by atoms with Gasteiger partial charge in [-0.15, -0.1) is 0 Å². The lowest BCUT2D eigenvalue weighted by atomic mass is 10.1. The third-order valence-corrected chi connectivity index (χ3v) is 4.03. The molecule has 0 amide bonds. The van der Waals surface area contributed by atoms with E-state index in [2.05, 4.69) is 15.3 Å². The van der Waals surface area contributed by atoms with E-state index in [9.17, 15) is 0 Å². The van der Waals surface area contributed by atoms with Gasteiger partial charge in [0.1, 0.15) is 5.15 Å². The summed E-state index contributed by atoms with van der Waals surface area (Å²) in [5.41, 5.74) is 3.90. The van der Waals surface area contributed by atoms with E-state index >= 15 is 0 Å². The average Bonchev–Trinajstić information content (AvgIpc) is 2.79. The van der Waals surface area contributed by atoms with Crippen molar-refractivity contribution in [2.45, 2.75) is 13.5 Å². The van der Waals surface area contributed by atoms with Crippen LogP contribution in [-0.2, 0) is 6.54 Å². The highest BCUT2D eigenvalue weighted by atomic mass is 35.5. The quantitative estimate of drug-likeness (QED) is 0.623.